The maximum Gasteiger partial charge on any atom is 0.323 e. The molecule has 7 nitrogen and oxygen atoms in total. The highest BCUT2D eigenvalue weighted by Gasteiger charge is 2.13. The summed E-state index contributed by atoms with van der Waals surface area (Å²) in [5.41, 5.74) is 2.79. The Bertz CT molecular complexity index is 990. The van der Waals surface area contributed by atoms with Gasteiger partial charge in [0, 0.05) is 24.3 Å². The van der Waals surface area contributed by atoms with Crippen LogP contribution in [0.2, 0.25) is 5.02 Å². The maximum absolute atomic E-state index is 12.3. The van der Waals surface area contributed by atoms with E-state index in [0.717, 1.165) is 30.2 Å². The number of rotatable bonds is 4. The van der Waals surface area contributed by atoms with Crippen molar-refractivity contribution in [2.24, 2.45) is 0 Å². The van der Waals surface area contributed by atoms with Crippen LogP contribution in [0.4, 0.5) is 22.0 Å². The number of halogens is 1. The Morgan fingerprint density at radius 2 is 1.79 bits per heavy atom. The zero-order chi connectivity index (χ0) is 20.1. The van der Waals surface area contributed by atoms with Gasteiger partial charge in [-0.1, -0.05) is 35.9 Å². The van der Waals surface area contributed by atoms with E-state index in [0.29, 0.717) is 29.6 Å². The number of morpholine rings is 1. The molecule has 2 heterocycles. The second-order valence-corrected chi connectivity index (χ2v) is 6.92. The molecule has 2 amide bonds. The molecule has 2 aromatic carbocycles. The number of hydrogen-bond donors (Lipinski definition) is 2. The molecular formula is C21H20ClN5O2. The van der Waals surface area contributed by atoms with Crippen molar-refractivity contribution in [3.8, 4) is 11.3 Å². The Hall–Kier alpha value is -3.16. The van der Waals surface area contributed by atoms with E-state index >= 15 is 0 Å². The van der Waals surface area contributed by atoms with Crippen LogP contribution >= 0.6 is 11.6 Å². The highest BCUT2D eigenvalue weighted by Crippen LogP contribution is 2.23. The predicted octanol–water partition coefficient (Wildman–Crippen LogP) is 4.28. The third-order valence-electron chi connectivity index (χ3n) is 4.52. The molecule has 4 rings (SSSR count). The van der Waals surface area contributed by atoms with E-state index in [1.165, 1.54) is 0 Å². The number of para-hydroxylation sites is 1. The molecule has 8 heteroatoms. The molecule has 0 radical (unpaired) electrons. The molecule has 1 aliphatic heterocycles. The Morgan fingerprint density at radius 1 is 0.966 bits per heavy atom. The van der Waals surface area contributed by atoms with Gasteiger partial charge in [0.2, 0.25) is 0 Å². The van der Waals surface area contributed by atoms with Crippen molar-refractivity contribution >= 4 is 34.8 Å². The van der Waals surface area contributed by atoms with Gasteiger partial charge in [-0.05, 0) is 36.4 Å². The third-order valence-corrected chi connectivity index (χ3v) is 4.85. The van der Waals surface area contributed by atoms with Gasteiger partial charge in [-0.2, -0.15) is 0 Å². The number of benzene rings is 2. The molecule has 29 heavy (non-hydrogen) atoms. The Kier molecular flexibility index (Phi) is 5.88. The quantitative estimate of drug-likeness (QED) is 0.672. The zero-order valence-corrected chi connectivity index (χ0v) is 16.4. The van der Waals surface area contributed by atoms with Crippen LogP contribution in [-0.4, -0.2) is 42.5 Å². The standard InChI is InChI=1S/C21H20ClN5O2/c22-17-6-1-2-7-19(17)24-21(28)23-16-5-3-4-15(14-16)18-8-9-20(26-25-18)27-10-12-29-13-11-27/h1-9,14H,10-13H2,(H2,23,24,28). The molecule has 3 aromatic rings. The number of nitrogens with zero attached hydrogens (tertiary/aromatic N) is 3. The fourth-order valence-electron chi connectivity index (χ4n) is 3.04. The van der Waals surface area contributed by atoms with Gasteiger partial charge in [0.1, 0.15) is 0 Å². The van der Waals surface area contributed by atoms with E-state index < -0.39 is 0 Å². The van der Waals surface area contributed by atoms with Crippen molar-refractivity contribution in [3.05, 3.63) is 65.7 Å². The first kappa shape index (κ1) is 19.2. The zero-order valence-electron chi connectivity index (χ0n) is 15.6. The largest absolute Gasteiger partial charge is 0.378 e. The molecule has 1 fully saturated rings. The highest BCUT2D eigenvalue weighted by atomic mass is 35.5. The lowest BCUT2D eigenvalue weighted by molar-refractivity contribution is 0.122. The third kappa shape index (κ3) is 4.82. The average molecular weight is 410 g/mol. The monoisotopic (exact) mass is 409 g/mol. The van der Waals surface area contributed by atoms with Crippen molar-refractivity contribution in [2.45, 2.75) is 0 Å². The average Bonchev–Trinajstić information content (AvgIpc) is 2.76. The van der Waals surface area contributed by atoms with Crippen LogP contribution in [0.3, 0.4) is 0 Å². The van der Waals surface area contributed by atoms with Gasteiger partial charge in [-0.15, -0.1) is 10.2 Å². The van der Waals surface area contributed by atoms with Crippen LogP contribution in [0.25, 0.3) is 11.3 Å². The van der Waals surface area contributed by atoms with E-state index in [1.54, 1.807) is 24.3 Å². The Morgan fingerprint density at radius 3 is 2.55 bits per heavy atom. The normalized spacial score (nSPS) is 13.8. The summed E-state index contributed by atoms with van der Waals surface area (Å²) in [5.74, 6) is 0.838. The van der Waals surface area contributed by atoms with E-state index in [-0.39, 0.29) is 6.03 Å². The fourth-order valence-corrected chi connectivity index (χ4v) is 3.23. The van der Waals surface area contributed by atoms with Gasteiger partial charge in [-0.25, -0.2) is 4.79 Å². The predicted molar refractivity (Wildman–Crippen MR) is 115 cm³/mol. The molecule has 2 N–H and O–H groups in total. The van der Waals surface area contributed by atoms with E-state index in [9.17, 15) is 4.79 Å². The number of amides is 2. The number of ether oxygens (including phenoxy) is 1. The summed E-state index contributed by atoms with van der Waals surface area (Å²) in [6.07, 6.45) is 0. The van der Waals surface area contributed by atoms with Gasteiger partial charge in [0.05, 0.1) is 29.6 Å². The number of anilines is 3. The summed E-state index contributed by atoms with van der Waals surface area (Å²) < 4.78 is 5.37. The second kappa shape index (κ2) is 8.89. The maximum atomic E-state index is 12.3. The summed E-state index contributed by atoms with van der Waals surface area (Å²) in [4.78, 5) is 14.4. The smallest absolute Gasteiger partial charge is 0.323 e. The van der Waals surface area contributed by atoms with Crippen LogP contribution in [0.5, 0.6) is 0 Å². The first-order valence-electron chi connectivity index (χ1n) is 9.28. The first-order chi connectivity index (χ1) is 14.2. The molecule has 0 spiro atoms. The Balaban J connectivity index is 1.44. The van der Waals surface area contributed by atoms with Crippen molar-refractivity contribution in [1.82, 2.24) is 10.2 Å². The van der Waals surface area contributed by atoms with E-state index in [2.05, 4.69) is 25.7 Å². The number of carbonyl (C=O) groups is 1. The molecule has 1 aliphatic rings. The lowest BCUT2D eigenvalue weighted by Crippen LogP contribution is -2.36. The summed E-state index contributed by atoms with van der Waals surface area (Å²) >= 11 is 6.08. The molecule has 0 bridgehead atoms. The van der Waals surface area contributed by atoms with Crippen molar-refractivity contribution < 1.29 is 9.53 Å². The van der Waals surface area contributed by atoms with Crippen LogP contribution in [-0.2, 0) is 4.74 Å². The van der Waals surface area contributed by atoms with E-state index in [1.807, 2.05) is 36.4 Å². The van der Waals surface area contributed by atoms with Crippen LogP contribution in [0.1, 0.15) is 0 Å². The minimum absolute atomic E-state index is 0.371. The molecule has 1 saturated heterocycles. The molecule has 0 unspecified atom stereocenters. The second-order valence-electron chi connectivity index (χ2n) is 6.52. The molecular weight excluding hydrogens is 390 g/mol. The molecule has 148 valence electrons. The van der Waals surface area contributed by atoms with Crippen molar-refractivity contribution in [1.29, 1.82) is 0 Å². The number of hydrogen-bond acceptors (Lipinski definition) is 5. The van der Waals surface area contributed by atoms with Gasteiger partial charge in [-0.3, -0.25) is 0 Å². The molecule has 0 aliphatic carbocycles. The van der Waals surface area contributed by atoms with Crippen molar-refractivity contribution in [3.63, 3.8) is 0 Å². The van der Waals surface area contributed by atoms with Gasteiger partial charge in [0.15, 0.2) is 5.82 Å². The minimum Gasteiger partial charge on any atom is -0.378 e. The molecule has 1 aromatic heterocycles. The fraction of sp³-hybridized carbons (Fsp3) is 0.190. The highest BCUT2D eigenvalue weighted by molar-refractivity contribution is 6.33. The summed E-state index contributed by atoms with van der Waals surface area (Å²) in [6.45, 7) is 3.03. The minimum atomic E-state index is -0.371. The van der Waals surface area contributed by atoms with Crippen molar-refractivity contribution in [2.75, 3.05) is 41.8 Å². The molecule has 0 atom stereocenters. The Labute approximate surface area is 173 Å². The summed E-state index contributed by atoms with van der Waals surface area (Å²) in [7, 11) is 0. The number of urea groups is 1. The SMILES string of the molecule is O=C(Nc1cccc(-c2ccc(N3CCOCC3)nn2)c1)Nc1ccccc1Cl. The van der Waals surface area contributed by atoms with Crippen LogP contribution < -0.4 is 15.5 Å². The number of nitrogens with one attached hydrogen (secondary N) is 2. The first-order valence-corrected chi connectivity index (χ1v) is 9.66. The molecule has 0 saturated carbocycles. The summed E-state index contributed by atoms with van der Waals surface area (Å²) in [5, 5.41) is 14.7. The summed E-state index contributed by atoms with van der Waals surface area (Å²) in [6, 6.07) is 18.0. The van der Waals surface area contributed by atoms with Gasteiger partial charge < -0.3 is 20.3 Å². The van der Waals surface area contributed by atoms with Gasteiger partial charge >= 0.3 is 6.03 Å². The van der Waals surface area contributed by atoms with Crippen LogP contribution in [0, 0.1) is 0 Å². The lowest BCUT2D eigenvalue weighted by Gasteiger charge is -2.27. The topological polar surface area (TPSA) is 79.4 Å². The van der Waals surface area contributed by atoms with Gasteiger partial charge in [0.25, 0.3) is 0 Å². The number of carbonyl (C=O) groups excluding carboxylic acids is 1. The lowest BCUT2D eigenvalue weighted by atomic mass is 10.1. The van der Waals surface area contributed by atoms with E-state index in [4.69, 9.17) is 16.3 Å². The van der Waals surface area contributed by atoms with Crippen LogP contribution in [0.15, 0.2) is 60.7 Å². The number of aromatic nitrogens is 2.